The number of aromatic nitrogens is 1. The van der Waals surface area contributed by atoms with Crippen LogP contribution in [0.5, 0.6) is 0 Å². The Bertz CT molecular complexity index is 728. The molecule has 1 aromatic carbocycles. The maximum Gasteiger partial charge on any atom is 0.371 e. The highest BCUT2D eigenvalue weighted by molar-refractivity contribution is 7.99. The number of aromatic carboxylic acids is 1. The van der Waals surface area contributed by atoms with E-state index in [9.17, 15) is 4.79 Å². The summed E-state index contributed by atoms with van der Waals surface area (Å²) in [6.07, 6.45) is 0. The minimum Gasteiger partial charge on any atom is -0.475 e. The first-order valence-corrected chi connectivity index (χ1v) is 6.86. The second-order valence-electron chi connectivity index (χ2n) is 4.21. The molecule has 0 radical (unpaired) electrons. The molecule has 102 valence electrons. The van der Waals surface area contributed by atoms with Gasteiger partial charge < -0.3 is 13.9 Å². The number of thioether (sulfide) groups is 1. The van der Waals surface area contributed by atoms with E-state index in [0.29, 0.717) is 11.0 Å². The van der Waals surface area contributed by atoms with Crippen molar-refractivity contribution in [1.82, 2.24) is 4.98 Å². The number of benzene rings is 1. The highest BCUT2D eigenvalue weighted by Crippen LogP contribution is 2.36. The third-order valence-corrected chi connectivity index (χ3v) is 3.75. The molecule has 0 bridgehead atoms. The van der Waals surface area contributed by atoms with Crippen LogP contribution in [-0.4, -0.2) is 16.1 Å². The van der Waals surface area contributed by atoms with Crippen LogP contribution < -0.4 is 0 Å². The minimum absolute atomic E-state index is 0.0648. The largest absolute Gasteiger partial charge is 0.475 e. The molecule has 0 aliphatic heterocycles. The Balaban J connectivity index is 1.80. The number of carboxylic acids is 1. The summed E-state index contributed by atoms with van der Waals surface area (Å²) >= 11 is 1.38. The van der Waals surface area contributed by atoms with Gasteiger partial charge in [0.1, 0.15) is 11.3 Å². The van der Waals surface area contributed by atoms with Gasteiger partial charge in [-0.25, -0.2) is 9.78 Å². The first kappa shape index (κ1) is 12.8. The smallest absolute Gasteiger partial charge is 0.371 e. The molecular formula is C14H11NO4S. The highest BCUT2D eigenvalue weighted by atomic mass is 32.2. The van der Waals surface area contributed by atoms with Gasteiger partial charge in [-0.05, 0) is 31.2 Å². The Morgan fingerprint density at radius 1 is 1.25 bits per heavy atom. The molecule has 0 amide bonds. The molecule has 2 aromatic heterocycles. The van der Waals surface area contributed by atoms with Gasteiger partial charge in [0.05, 0.1) is 5.25 Å². The molecule has 0 spiro atoms. The molecule has 0 saturated heterocycles. The van der Waals surface area contributed by atoms with E-state index in [1.165, 1.54) is 17.8 Å². The zero-order valence-corrected chi connectivity index (χ0v) is 11.4. The zero-order valence-electron chi connectivity index (χ0n) is 10.6. The molecule has 0 fully saturated rings. The van der Waals surface area contributed by atoms with Crippen molar-refractivity contribution < 1.29 is 18.7 Å². The normalized spacial score (nSPS) is 12.7. The number of nitrogens with zero attached hydrogens (tertiary/aromatic N) is 1. The molecule has 0 aliphatic carbocycles. The summed E-state index contributed by atoms with van der Waals surface area (Å²) in [6, 6.07) is 10.6. The minimum atomic E-state index is -1.07. The number of carboxylic acid groups (broad SMARTS) is 1. The lowest BCUT2D eigenvalue weighted by Crippen LogP contribution is -1.92. The topological polar surface area (TPSA) is 76.5 Å². The lowest BCUT2D eigenvalue weighted by atomic mass is 10.3. The zero-order chi connectivity index (χ0) is 14.1. The van der Waals surface area contributed by atoms with Crippen molar-refractivity contribution in [3.63, 3.8) is 0 Å². The summed E-state index contributed by atoms with van der Waals surface area (Å²) in [5.41, 5.74) is 1.53. The van der Waals surface area contributed by atoms with Crippen LogP contribution in [0.4, 0.5) is 0 Å². The Hall–Kier alpha value is -2.21. The molecule has 0 saturated carbocycles. The maximum absolute atomic E-state index is 10.8. The van der Waals surface area contributed by atoms with Gasteiger partial charge in [-0.15, -0.1) is 0 Å². The van der Waals surface area contributed by atoms with Crippen molar-refractivity contribution in [1.29, 1.82) is 0 Å². The fraction of sp³-hybridized carbons (Fsp3) is 0.143. The fourth-order valence-corrected chi connectivity index (χ4v) is 2.63. The van der Waals surface area contributed by atoms with Gasteiger partial charge in [-0.3, -0.25) is 0 Å². The Morgan fingerprint density at radius 2 is 2.05 bits per heavy atom. The lowest BCUT2D eigenvalue weighted by Gasteiger charge is -2.03. The Kier molecular flexibility index (Phi) is 3.23. The van der Waals surface area contributed by atoms with E-state index in [2.05, 4.69) is 4.98 Å². The van der Waals surface area contributed by atoms with E-state index in [1.807, 2.05) is 31.2 Å². The summed E-state index contributed by atoms with van der Waals surface area (Å²) in [5.74, 6) is -0.560. The molecule has 20 heavy (non-hydrogen) atoms. The summed E-state index contributed by atoms with van der Waals surface area (Å²) in [5, 5.41) is 9.28. The Morgan fingerprint density at radius 3 is 2.75 bits per heavy atom. The third-order valence-electron chi connectivity index (χ3n) is 2.79. The van der Waals surface area contributed by atoms with Crippen molar-refractivity contribution in [2.45, 2.75) is 17.4 Å². The maximum atomic E-state index is 10.8. The number of fused-ring (bicyclic) bond motifs is 1. The van der Waals surface area contributed by atoms with E-state index in [0.717, 1.165) is 11.1 Å². The van der Waals surface area contributed by atoms with E-state index >= 15 is 0 Å². The van der Waals surface area contributed by atoms with Crippen molar-refractivity contribution >= 4 is 28.8 Å². The molecule has 1 unspecified atom stereocenters. The molecular weight excluding hydrogens is 278 g/mol. The predicted molar refractivity (Wildman–Crippen MR) is 73.9 cm³/mol. The van der Waals surface area contributed by atoms with Crippen LogP contribution in [0.3, 0.4) is 0 Å². The number of carbonyl (C=O) groups is 1. The van der Waals surface area contributed by atoms with Crippen LogP contribution in [0.1, 0.15) is 28.5 Å². The number of hydrogen-bond acceptors (Lipinski definition) is 5. The first-order chi connectivity index (χ1) is 9.63. The SMILES string of the molecule is CC(Sc1nc2ccccc2o1)c1ccc(C(=O)O)o1. The monoisotopic (exact) mass is 289 g/mol. The standard InChI is InChI=1S/C14H11NO4S/c1-8(10-6-7-12(18-10)13(16)17)20-14-15-9-4-2-3-5-11(9)19-14/h2-8H,1H3,(H,16,17). The molecule has 1 N–H and O–H groups in total. The van der Waals surface area contributed by atoms with Gasteiger partial charge in [0.15, 0.2) is 5.58 Å². The van der Waals surface area contributed by atoms with Crippen molar-refractivity contribution in [3.05, 3.63) is 47.9 Å². The van der Waals surface area contributed by atoms with Gasteiger partial charge in [-0.1, -0.05) is 23.9 Å². The number of hydrogen-bond donors (Lipinski definition) is 1. The number of furan rings is 1. The van der Waals surface area contributed by atoms with Crippen molar-refractivity contribution in [2.24, 2.45) is 0 Å². The molecule has 3 rings (SSSR count). The second kappa shape index (κ2) is 5.05. The first-order valence-electron chi connectivity index (χ1n) is 5.99. The van der Waals surface area contributed by atoms with Crippen LogP contribution in [0, 0.1) is 0 Å². The van der Waals surface area contributed by atoms with Crippen molar-refractivity contribution in [2.75, 3.05) is 0 Å². The van der Waals surface area contributed by atoms with Gasteiger partial charge >= 0.3 is 5.97 Å². The van der Waals surface area contributed by atoms with E-state index in [-0.39, 0.29) is 11.0 Å². The van der Waals surface area contributed by atoms with Crippen LogP contribution >= 0.6 is 11.8 Å². The molecule has 5 nitrogen and oxygen atoms in total. The van der Waals surface area contributed by atoms with Crippen LogP contribution in [0.25, 0.3) is 11.1 Å². The van der Waals surface area contributed by atoms with Gasteiger partial charge in [0, 0.05) is 0 Å². The molecule has 0 aliphatic rings. The average Bonchev–Trinajstić information content (AvgIpc) is 3.04. The molecule has 2 heterocycles. The Labute approximate surface area is 118 Å². The summed E-state index contributed by atoms with van der Waals surface area (Å²) < 4.78 is 10.9. The molecule has 1 atom stereocenters. The molecule has 3 aromatic rings. The van der Waals surface area contributed by atoms with Crippen LogP contribution in [0.2, 0.25) is 0 Å². The van der Waals surface area contributed by atoms with Gasteiger partial charge in [0.25, 0.3) is 5.22 Å². The quantitative estimate of drug-likeness (QED) is 0.732. The highest BCUT2D eigenvalue weighted by Gasteiger charge is 2.17. The van der Waals surface area contributed by atoms with E-state index in [1.54, 1.807) is 6.07 Å². The average molecular weight is 289 g/mol. The second-order valence-corrected chi connectivity index (χ2v) is 5.51. The number of rotatable bonds is 4. The van der Waals surface area contributed by atoms with Crippen molar-refractivity contribution in [3.8, 4) is 0 Å². The summed E-state index contributed by atoms with van der Waals surface area (Å²) in [7, 11) is 0. The van der Waals surface area contributed by atoms with Crippen LogP contribution in [0.15, 0.2) is 50.5 Å². The molecule has 6 heteroatoms. The predicted octanol–water partition coefficient (Wildman–Crippen LogP) is 3.97. The number of oxazole rings is 1. The van der Waals surface area contributed by atoms with Gasteiger partial charge in [-0.2, -0.15) is 0 Å². The van der Waals surface area contributed by atoms with E-state index in [4.69, 9.17) is 13.9 Å². The summed E-state index contributed by atoms with van der Waals surface area (Å²) in [4.78, 5) is 15.1. The van der Waals surface area contributed by atoms with Crippen LogP contribution in [-0.2, 0) is 0 Å². The third kappa shape index (κ3) is 2.42. The van der Waals surface area contributed by atoms with E-state index < -0.39 is 5.97 Å². The van der Waals surface area contributed by atoms with Gasteiger partial charge in [0.2, 0.25) is 5.76 Å². The lowest BCUT2D eigenvalue weighted by molar-refractivity contribution is 0.0660. The fourth-order valence-electron chi connectivity index (χ4n) is 1.80. The number of para-hydroxylation sites is 2. The summed E-state index contributed by atoms with van der Waals surface area (Å²) in [6.45, 7) is 1.91.